The zero-order valence-corrected chi connectivity index (χ0v) is 16.0. The van der Waals surface area contributed by atoms with Gasteiger partial charge in [0.1, 0.15) is 5.82 Å². The maximum Gasteiger partial charge on any atom is 0.226 e. The number of piperidine rings is 1. The summed E-state index contributed by atoms with van der Waals surface area (Å²) >= 11 is 0. The molecule has 1 aliphatic heterocycles. The Morgan fingerprint density at radius 1 is 1.11 bits per heavy atom. The SMILES string of the molecule is CCCN(Cc1ccc(F)cc1)C(=O)C1CCN(Cc2ccncc2)CC1. The summed E-state index contributed by atoms with van der Waals surface area (Å²) in [5.41, 5.74) is 2.24. The van der Waals surface area contributed by atoms with Crippen LogP contribution in [0, 0.1) is 11.7 Å². The Kier molecular flexibility index (Phi) is 6.93. The van der Waals surface area contributed by atoms with Crippen molar-refractivity contribution < 1.29 is 9.18 Å². The van der Waals surface area contributed by atoms with E-state index in [0.717, 1.165) is 51.0 Å². The molecule has 4 nitrogen and oxygen atoms in total. The van der Waals surface area contributed by atoms with Crippen LogP contribution in [0.4, 0.5) is 4.39 Å². The van der Waals surface area contributed by atoms with Crippen LogP contribution in [-0.2, 0) is 17.9 Å². The summed E-state index contributed by atoms with van der Waals surface area (Å²) < 4.78 is 13.1. The third kappa shape index (κ3) is 5.60. The van der Waals surface area contributed by atoms with Crippen molar-refractivity contribution >= 4 is 5.91 Å². The smallest absolute Gasteiger partial charge is 0.226 e. The van der Waals surface area contributed by atoms with E-state index >= 15 is 0 Å². The lowest BCUT2D eigenvalue weighted by Gasteiger charge is -2.34. The largest absolute Gasteiger partial charge is 0.338 e. The van der Waals surface area contributed by atoms with Crippen molar-refractivity contribution in [3.8, 4) is 0 Å². The fourth-order valence-corrected chi connectivity index (χ4v) is 3.69. The minimum absolute atomic E-state index is 0.0886. The first kappa shape index (κ1) is 19.5. The van der Waals surface area contributed by atoms with E-state index in [1.807, 2.05) is 29.4 Å². The number of halogens is 1. The molecular weight excluding hydrogens is 341 g/mol. The van der Waals surface area contributed by atoms with Gasteiger partial charge in [-0.3, -0.25) is 14.7 Å². The van der Waals surface area contributed by atoms with Crippen molar-refractivity contribution in [2.45, 2.75) is 39.3 Å². The van der Waals surface area contributed by atoms with Crippen LogP contribution in [0.2, 0.25) is 0 Å². The van der Waals surface area contributed by atoms with E-state index < -0.39 is 0 Å². The molecule has 0 atom stereocenters. The predicted octanol–water partition coefficient (Wildman–Crippen LogP) is 3.87. The Hall–Kier alpha value is -2.27. The summed E-state index contributed by atoms with van der Waals surface area (Å²) in [5, 5.41) is 0. The first-order valence-electron chi connectivity index (χ1n) is 9.80. The van der Waals surface area contributed by atoms with Crippen molar-refractivity contribution in [3.05, 3.63) is 65.7 Å². The van der Waals surface area contributed by atoms with E-state index in [-0.39, 0.29) is 17.6 Å². The van der Waals surface area contributed by atoms with Crippen molar-refractivity contribution in [3.63, 3.8) is 0 Å². The second-order valence-electron chi connectivity index (χ2n) is 7.29. The fraction of sp³-hybridized carbons (Fsp3) is 0.455. The summed E-state index contributed by atoms with van der Waals surface area (Å²) in [6.07, 6.45) is 6.36. The van der Waals surface area contributed by atoms with Crippen LogP contribution in [-0.4, -0.2) is 40.3 Å². The molecule has 2 heterocycles. The van der Waals surface area contributed by atoms with E-state index in [1.165, 1.54) is 17.7 Å². The molecule has 3 rings (SSSR count). The number of hydrogen-bond acceptors (Lipinski definition) is 3. The van der Waals surface area contributed by atoms with E-state index in [9.17, 15) is 9.18 Å². The third-order valence-electron chi connectivity index (χ3n) is 5.18. The van der Waals surface area contributed by atoms with Gasteiger partial charge < -0.3 is 4.90 Å². The molecule has 1 saturated heterocycles. The highest BCUT2D eigenvalue weighted by Gasteiger charge is 2.28. The van der Waals surface area contributed by atoms with Gasteiger partial charge in [-0.25, -0.2) is 4.39 Å². The van der Waals surface area contributed by atoms with Crippen LogP contribution < -0.4 is 0 Å². The van der Waals surface area contributed by atoms with Gasteiger partial charge >= 0.3 is 0 Å². The van der Waals surface area contributed by atoms with E-state index in [0.29, 0.717) is 6.54 Å². The van der Waals surface area contributed by atoms with Gasteiger partial charge in [-0.1, -0.05) is 19.1 Å². The molecule has 1 aromatic heterocycles. The Morgan fingerprint density at radius 3 is 2.41 bits per heavy atom. The van der Waals surface area contributed by atoms with Crippen LogP contribution in [0.1, 0.15) is 37.3 Å². The van der Waals surface area contributed by atoms with Gasteiger partial charge in [0, 0.05) is 37.9 Å². The Labute approximate surface area is 161 Å². The molecule has 0 aliphatic carbocycles. The van der Waals surface area contributed by atoms with Crippen molar-refractivity contribution in [2.75, 3.05) is 19.6 Å². The number of carbonyl (C=O) groups excluding carboxylic acids is 1. The Balaban J connectivity index is 1.54. The quantitative estimate of drug-likeness (QED) is 0.743. The lowest BCUT2D eigenvalue weighted by atomic mass is 9.94. The van der Waals surface area contributed by atoms with E-state index in [2.05, 4.69) is 16.8 Å². The molecule has 0 radical (unpaired) electrons. The second-order valence-corrected chi connectivity index (χ2v) is 7.29. The third-order valence-corrected chi connectivity index (χ3v) is 5.18. The van der Waals surface area contributed by atoms with Gasteiger partial charge in [-0.2, -0.15) is 0 Å². The van der Waals surface area contributed by atoms with Crippen LogP contribution >= 0.6 is 0 Å². The van der Waals surface area contributed by atoms with Crippen LogP contribution in [0.5, 0.6) is 0 Å². The minimum Gasteiger partial charge on any atom is -0.338 e. The monoisotopic (exact) mass is 369 g/mol. The predicted molar refractivity (Wildman–Crippen MR) is 104 cm³/mol. The topological polar surface area (TPSA) is 36.4 Å². The molecule has 1 aromatic carbocycles. The van der Waals surface area contributed by atoms with Gasteiger partial charge in [0.05, 0.1) is 0 Å². The highest BCUT2D eigenvalue weighted by Crippen LogP contribution is 2.22. The van der Waals surface area contributed by atoms with E-state index in [1.54, 1.807) is 12.1 Å². The number of nitrogens with zero attached hydrogens (tertiary/aromatic N) is 3. The molecule has 144 valence electrons. The maximum atomic E-state index is 13.1. The maximum absolute atomic E-state index is 13.1. The first-order chi connectivity index (χ1) is 13.2. The van der Waals surface area contributed by atoms with E-state index in [4.69, 9.17) is 0 Å². The van der Waals surface area contributed by atoms with Gasteiger partial charge in [0.2, 0.25) is 5.91 Å². The van der Waals surface area contributed by atoms with Crippen LogP contribution in [0.25, 0.3) is 0 Å². The molecule has 0 N–H and O–H groups in total. The molecule has 1 aliphatic rings. The molecular formula is C22H28FN3O. The van der Waals surface area contributed by atoms with Gasteiger partial charge in [-0.15, -0.1) is 0 Å². The molecule has 2 aromatic rings. The molecule has 0 unspecified atom stereocenters. The number of benzene rings is 1. The fourth-order valence-electron chi connectivity index (χ4n) is 3.69. The van der Waals surface area contributed by atoms with Crippen molar-refractivity contribution in [2.24, 2.45) is 5.92 Å². The molecule has 0 bridgehead atoms. The summed E-state index contributed by atoms with van der Waals surface area (Å²) in [6.45, 7) is 6.18. The lowest BCUT2D eigenvalue weighted by molar-refractivity contribution is -0.137. The zero-order valence-electron chi connectivity index (χ0n) is 16.0. The molecule has 27 heavy (non-hydrogen) atoms. The average molecular weight is 369 g/mol. The number of amides is 1. The highest BCUT2D eigenvalue weighted by molar-refractivity contribution is 5.79. The number of pyridine rings is 1. The molecule has 0 saturated carbocycles. The normalized spacial score (nSPS) is 15.6. The number of rotatable bonds is 7. The molecule has 5 heteroatoms. The number of carbonyl (C=O) groups is 1. The Bertz CT molecular complexity index is 712. The summed E-state index contributed by atoms with van der Waals surface area (Å²) in [7, 11) is 0. The zero-order chi connectivity index (χ0) is 19.1. The van der Waals surface area contributed by atoms with Gasteiger partial charge in [0.25, 0.3) is 0 Å². The van der Waals surface area contributed by atoms with Gasteiger partial charge in [0.15, 0.2) is 0 Å². The number of hydrogen-bond donors (Lipinski definition) is 0. The molecule has 0 spiro atoms. The van der Waals surface area contributed by atoms with Crippen LogP contribution in [0.3, 0.4) is 0 Å². The number of aromatic nitrogens is 1. The lowest BCUT2D eigenvalue weighted by Crippen LogP contribution is -2.42. The summed E-state index contributed by atoms with van der Waals surface area (Å²) in [5.74, 6) is 0.0871. The average Bonchev–Trinajstić information content (AvgIpc) is 2.70. The minimum atomic E-state index is -0.242. The second kappa shape index (κ2) is 9.60. The van der Waals surface area contributed by atoms with Crippen LogP contribution in [0.15, 0.2) is 48.8 Å². The molecule has 1 fully saturated rings. The first-order valence-corrected chi connectivity index (χ1v) is 9.80. The Morgan fingerprint density at radius 2 is 1.78 bits per heavy atom. The van der Waals surface area contributed by atoms with Crippen molar-refractivity contribution in [1.29, 1.82) is 0 Å². The summed E-state index contributed by atoms with van der Waals surface area (Å²) in [4.78, 5) is 21.5. The summed E-state index contributed by atoms with van der Waals surface area (Å²) in [6, 6.07) is 10.5. The molecule has 1 amide bonds. The van der Waals surface area contributed by atoms with Crippen molar-refractivity contribution in [1.82, 2.24) is 14.8 Å². The number of likely N-dealkylation sites (tertiary alicyclic amines) is 1. The highest BCUT2D eigenvalue weighted by atomic mass is 19.1. The standard InChI is InChI=1S/C22H28FN3O/c1-2-13-26(17-18-3-5-21(23)6-4-18)22(27)20-9-14-25(15-10-20)16-19-7-11-24-12-8-19/h3-8,11-12,20H,2,9-10,13-17H2,1H3. The van der Waals surface area contributed by atoms with Gasteiger partial charge in [-0.05, 0) is 67.7 Å².